The predicted molar refractivity (Wildman–Crippen MR) is 64.0 cm³/mol. The zero-order valence-electron chi connectivity index (χ0n) is 9.52. The number of aryl methyl sites for hydroxylation is 1. The highest BCUT2D eigenvalue weighted by Gasteiger charge is 2.19. The van der Waals surface area contributed by atoms with Crippen molar-refractivity contribution in [3.05, 3.63) is 24.0 Å². The van der Waals surface area contributed by atoms with Crippen molar-refractivity contribution in [2.45, 2.75) is 32.0 Å². The second kappa shape index (κ2) is 4.59. The molecule has 2 rings (SSSR count). The van der Waals surface area contributed by atoms with Gasteiger partial charge in [-0.05, 0) is 24.5 Å². The van der Waals surface area contributed by atoms with Crippen LogP contribution in [0.1, 0.15) is 18.4 Å². The zero-order valence-corrected chi connectivity index (χ0v) is 10.3. The summed E-state index contributed by atoms with van der Waals surface area (Å²) in [4.78, 5) is 0. The lowest BCUT2D eigenvalue weighted by Gasteiger charge is -2.01. The largest absolute Gasteiger partial charge is 0.353 e. The standard InChI is InChI=1S/C11H18N2O2S/c1-16(14,15)7-6-13-5-4-10(9-13)8-12-11-2-3-11/h4-5,9,11-12H,2-3,6-8H2,1H3. The molecule has 1 aromatic heterocycles. The van der Waals surface area contributed by atoms with Gasteiger partial charge in [0.1, 0.15) is 9.84 Å². The van der Waals surface area contributed by atoms with Crippen LogP contribution in [0, 0.1) is 0 Å². The minimum atomic E-state index is -2.87. The van der Waals surface area contributed by atoms with Gasteiger partial charge in [-0.15, -0.1) is 0 Å². The second-order valence-corrected chi connectivity index (χ2v) is 6.80. The highest BCUT2D eigenvalue weighted by atomic mass is 32.2. The van der Waals surface area contributed by atoms with E-state index < -0.39 is 9.84 Å². The van der Waals surface area contributed by atoms with Crippen LogP contribution in [0.2, 0.25) is 0 Å². The number of hydrogen-bond acceptors (Lipinski definition) is 3. The average Bonchev–Trinajstić information content (AvgIpc) is 2.91. The lowest BCUT2D eigenvalue weighted by Crippen LogP contribution is -2.15. The molecule has 0 unspecified atom stereocenters. The van der Waals surface area contributed by atoms with Crippen LogP contribution in [-0.4, -0.2) is 31.0 Å². The SMILES string of the molecule is CS(=O)(=O)CCn1ccc(CNC2CC2)c1. The van der Waals surface area contributed by atoms with E-state index in [0.717, 1.165) is 6.54 Å². The van der Waals surface area contributed by atoms with E-state index in [2.05, 4.69) is 5.32 Å². The molecule has 4 nitrogen and oxygen atoms in total. The fourth-order valence-corrected chi connectivity index (χ4v) is 2.10. The van der Waals surface area contributed by atoms with Gasteiger partial charge < -0.3 is 9.88 Å². The molecule has 0 spiro atoms. The summed E-state index contributed by atoms with van der Waals surface area (Å²) in [5.74, 6) is 0.206. The van der Waals surface area contributed by atoms with E-state index in [1.165, 1.54) is 24.7 Å². The van der Waals surface area contributed by atoms with E-state index in [9.17, 15) is 8.42 Å². The molecule has 1 aromatic rings. The first-order valence-corrected chi connectivity index (χ1v) is 7.65. The first-order chi connectivity index (χ1) is 7.53. The summed E-state index contributed by atoms with van der Waals surface area (Å²) < 4.78 is 24.0. The van der Waals surface area contributed by atoms with Crippen LogP contribution in [0.4, 0.5) is 0 Å². The van der Waals surface area contributed by atoms with Gasteiger partial charge in [0, 0.05) is 37.8 Å². The molecule has 16 heavy (non-hydrogen) atoms. The van der Waals surface area contributed by atoms with Crippen LogP contribution >= 0.6 is 0 Å². The minimum Gasteiger partial charge on any atom is -0.353 e. The quantitative estimate of drug-likeness (QED) is 0.802. The second-order valence-electron chi connectivity index (χ2n) is 4.54. The molecular formula is C11H18N2O2S. The summed E-state index contributed by atoms with van der Waals surface area (Å²) in [6.07, 6.45) is 7.80. The molecule has 0 bridgehead atoms. The molecule has 0 aromatic carbocycles. The number of sulfone groups is 1. The van der Waals surface area contributed by atoms with Crippen LogP contribution in [0.25, 0.3) is 0 Å². The molecule has 1 N–H and O–H groups in total. The number of aromatic nitrogens is 1. The Kier molecular flexibility index (Phi) is 3.35. The van der Waals surface area contributed by atoms with Gasteiger partial charge in [0.05, 0.1) is 5.75 Å². The van der Waals surface area contributed by atoms with Gasteiger partial charge in [-0.3, -0.25) is 0 Å². The van der Waals surface area contributed by atoms with E-state index in [1.54, 1.807) is 0 Å². The Morgan fingerprint density at radius 3 is 2.88 bits per heavy atom. The molecule has 5 heteroatoms. The maximum Gasteiger partial charge on any atom is 0.149 e. The molecule has 0 saturated heterocycles. The number of nitrogens with one attached hydrogen (secondary N) is 1. The lowest BCUT2D eigenvalue weighted by molar-refractivity contribution is 0.594. The van der Waals surface area contributed by atoms with Crippen LogP contribution in [0.3, 0.4) is 0 Å². The van der Waals surface area contributed by atoms with E-state index in [-0.39, 0.29) is 5.75 Å². The summed E-state index contributed by atoms with van der Waals surface area (Å²) >= 11 is 0. The third-order valence-corrected chi connectivity index (χ3v) is 3.63. The van der Waals surface area contributed by atoms with Crippen molar-refractivity contribution >= 4 is 9.84 Å². The number of nitrogens with zero attached hydrogens (tertiary/aromatic N) is 1. The molecule has 1 fully saturated rings. The zero-order chi connectivity index (χ0) is 11.6. The molecule has 0 aliphatic heterocycles. The molecule has 1 aliphatic carbocycles. The lowest BCUT2D eigenvalue weighted by atomic mass is 10.3. The normalized spacial score (nSPS) is 16.6. The van der Waals surface area contributed by atoms with Crippen molar-refractivity contribution in [3.8, 4) is 0 Å². The predicted octanol–water partition coefficient (Wildman–Crippen LogP) is 0.785. The fourth-order valence-electron chi connectivity index (χ4n) is 1.56. The van der Waals surface area contributed by atoms with Gasteiger partial charge >= 0.3 is 0 Å². The third kappa shape index (κ3) is 3.98. The molecule has 0 amide bonds. The Bertz CT molecular complexity index is 446. The molecule has 0 atom stereocenters. The van der Waals surface area contributed by atoms with Crippen LogP contribution in [-0.2, 0) is 22.9 Å². The number of rotatable bonds is 6. The average molecular weight is 242 g/mol. The Morgan fingerprint density at radius 1 is 1.50 bits per heavy atom. The van der Waals surface area contributed by atoms with Crippen molar-refractivity contribution < 1.29 is 8.42 Å². The first-order valence-electron chi connectivity index (χ1n) is 5.59. The summed E-state index contributed by atoms with van der Waals surface area (Å²) in [5, 5.41) is 3.43. The Hall–Kier alpha value is -0.810. The molecule has 1 aliphatic rings. The molecule has 0 radical (unpaired) electrons. The van der Waals surface area contributed by atoms with E-state index >= 15 is 0 Å². The van der Waals surface area contributed by atoms with Crippen molar-refractivity contribution in [1.82, 2.24) is 9.88 Å². The Labute approximate surface area is 96.6 Å². The fraction of sp³-hybridized carbons (Fsp3) is 0.636. The number of hydrogen-bond donors (Lipinski definition) is 1. The van der Waals surface area contributed by atoms with E-state index in [1.807, 2.05) is 23.0 Å². The molecular weight excluding hydrogens is 224 g/mol. The third-order valence-electron chi connectivity index (χ3n) is 2.70. The van der Waals surface area contributed by atoms with Crippen molar-refractivity contribution in [2.24, 2.45) is 0 Å². The topological polar surface area (TPSA) is 51.1 Å². The Morgan fingerprint density at radius 2 is 2.25 bits per heavy atom. The van der Waals surface area contributed by atoms with Gasteiger partial charge in [-0.2, -0.15) is 0 Å². The van der Waals surface area contributed by atoms with Crippen molar-refractivity contribution in [2.75, 3.05) is 12.0 Å². The van der Waals surface area contributed by atoms with Crippen LogP contribution < -0.4 is 5.32 Å². The monoisotopic (exact) mass is 242 g/mol. The van der Waals surface area contributed by atoms with Gasteiger partial charge in [-0.1, -0.05) is 0 Å². The van der Waals surface area contributed by atoms with Crippen molar-refractivity contribution in [1.29, 1.82) is 0 Å². The van der Waals surface area contributed by atoms with Gasteiger partial charge in [0.25, 0.3) is 0 Å². The summed E-state index contributed by atoms with van der Waals surface area (Å²) in [5.41, 5.74) is 1.22. The first kappa shape index (κ1) is 11.7. The van der Waals surface area contributed by atoms with Gasteiger partial charge in [0.15, 0.2) is 0 Å². The molecule has 90 valence electrons. The highest BCUT2D eigenvalue weighted by molar-refractivity contribution is 7.90. The highest BCUT2D eigenvalue weighted by Crippen LogP contribution is 2.19. The maximum atomic E-state index is 11.0. The summed E-state index contributed by atoms with van der Waals surface area (Å²) in [6, 6.07) is 2.75. The maximum absolute atomic E-state index is 11.0. The summed E-state index contributed by atoms with van der Waals surface area (Å²) in [7, 11) is -2.87. The van der Waals surface area contributed by atoms with Gasteiger partial charge in [0.2, 0.25) is 0 Å². The molecule has 1 saturated carbocycles. The van der Waals surface area contributed by atoms with E-state index in [0.29, 0.717) is 12.6 Å². The van der Waals surface area contributed by atoms with Crippen LogP contribution in [0.5, 0.6) is 0 Å². The minimum absolute atomic E-state index is 0.206. The summed E-state index contributed by atoms with van der Waals surface area (Å²) in [6.45, 7) is 1.43. The van der Waals surface area contributed by atoms with Crippen LogP contribution in [0.15, 0.2) is 18.5 Å². The smallest absolute Gasteiger partial charge is 0.149 e. The molecule has 1 heterocycles. The Balaban J connectivity index is 1.81. The van der Waals surface area contributed by atoms with Crippen molar-refractivity contribution in [3.63, 3.8) is 0 Å². The van der Waals surface area contributed by atoms with E-state index in [4.69, 9.17) is 0 Å². The van der Waals surface area contributed by atoms with Gasteiger partial charge in [-0.25, -0.2) is 8.42 Å².